The summed E-state index contributed by atoms with van der Waals surface area (Å²) in [6, 6.07) is 5.57. The van der Waals surface area contributed by atoms with Crippen LogP contribution in [-0.4, -0.2) is 59.4 Å². The standard InChI is InChI=1S/C19H26N4O3/c1-19(2,3)12-20-18(25)23-8-6-22(7-9-23)17(24)11-14-4-5-15-16(10-14)26-13-21-15/h4-5,10,13H,6-9,11-12H2,1-3H3,(H,20,25). The highest BCUT2D eigenvalue weighted by Crippen LogP contribution is 2.16. The average molecular weight is 358 g/mol. The maximum Gasteiger partial charge on any atom is 0.317 e. The third-order valence-corrected chi connectivity index (χ3v) is 4.44. The van der Waals surface area contributed by atoms with Crippen molar-refractivity contribution in [2.24, 2.45) is 5.41 Å². The summed E-state index contributed by atoms with van der Waals surface area (Å²) in [6.07, 6.45) is 1.73. The maximum atomic E-state index is 12.5. The van der Waals surface area contributed by atoms with Crippen molar-refractivity contribution in [2.75, 3.05) is 32.7 Å². The molecule has 1 aliphatic rings. The topological polar surface area (TPSA) is 78.7 Å². The number of fused-ring (bicyclic) bond motifs is 1. The van der Waals surface area contributed by atoms with Crippen molar-refractivity contribution in [2.45, 2.75) is 27.2 Å². The zero-order valence-electron chi connectivity index (χ0n) is 15.6. The molecule has 2 heterocycles. The normalized spacial score (nSPS) is 15.3. The van der Waals surface area contributed by atoms with E-state index < -0.39 is 0 Å². The molecule has 3 amide bonds. The van der Waals surface area contributed by atoms with E-state index >= 15 is 0 Å². The number of nitrogens with zero attached hydrogens (tertiary/aromatic N) is 3. The van der Waals surface area contributed by atoms with Crippen LogP contribution in [0.5, 0.6) is 0 Å². The van der Waals surface area contributed by atoms with Crippen molar-refractivity contribution in [3.8, 4) is 0 Å². The molecule has 7 nitrogen and oxygen atoms in total. The van der Waals surface area contributed by atoms with Gasteiger partial charge >= 0.3 is 6.03 Å². The van der Waals surface area contributed by atoms with E-state index in [1.54, 1.807) is 4.90 Å². The first-order valence-corrected chi connectivity index (χ1v) is 8.94. The zero-order valence-corrected chi connectivity index (χ0v) is 15.6. The Hall–Kier alpha value is -2.57. The van der Waals surface area contributed by atoms with Gasteiger partial charge in [-0.3, -0.25) is 4.79 Å². The number of aromatic nitrogens is 1. The summed E-state index contributed by atoms with van der Waals surface area (Å²) >= 11 is 0. The molecular formula is C19H26N4O3. The second kappa shape index (κ2) is 7.35. The van der Waals surface area contributed by atoms with Crippen LogP contribution in [0.3, 0.4) is 0 Å². The van der Waals surface area contributed by atoms with E-state index in [2.05, 4.69) is 31.1 Å². The van der Waals surface area contributed by atoms with Gasteiger partial charge in [-0.1, -0.05) is 26.8 Å². The molecule has 1 fully saturated rings. The highest BCUT2D eigenvalue weighted by Gasteiger charge is 2.25. The van der Waals surface area contributed by atoms with E-state index in [1.165, 1.54) is 6.39 Å². The van der Waals surface area contributed by atoms with Crippen LogP contribution in [0.4, 0.5) is 4.79 Å². The lowest BCUT2D eigenvalue weighted by atomic mass is 9.97. The van der Waals surface area contributed by atoms with Crippen LogP contribution in [-0.2, 0) is 11.2 Å². The third kappa shape index (κ3) is 4.53. The lowest BCUT2D eigenvalue weighted by Crippen LogP contribution is -2.54. The largest absolute Gasteiger partial charge is 0.443 e. The van der Waals surface area contributed by atoms with Gasteiger partial charge in [0.05, 0.1) is 6.42 Å². The molecule has 1 aromatic heterocycles. The Morgan fingerprint density at radius 1 is 1.15 bits per heavy atom. The van der Waals surface area contributed by atoms with Crippen LogP contribution in [0.15, 0.2) is 29.0 Å². The summed E-state index contributed by atoms with van der Waals surface area (Å²) in [7, 11) is 0. The summed E-state index contributed by atoms with van der Waals surface area (Å²) < 4.78 is 5.29. The Morgan fingerprint density at radius 3 is 2.54 bits per heavy atom. The molecule has 0 saturated carbocycles. The number of hydrogen-bond acceptors (Lipinski definition) is 4. The average Bonchev–Trinajstić information content (AvgIpc) is 3.07. The van der Waals surface area contributed by atoms with Gasteiger partial charge in [-0.15, -0.1) is 0 Å². The van der Waals surface area contributed by atoms with Gasteiger partial charge in [0.2, 0.25) is 5.91 Å². The molecule has 26 heavy (non-hydrogen) atoms. The van der Waals surface area contributed by atoms with Crippen molar-refractivity contribution in [1.29, 1.82) is 0 Å². The lowest BCUT2D eigenvalue weighted by Gasteiger charge is -2.35. The smallest absolute Gasteiger partial charge is 0.317 e. The molecule has 1 saturated heterocycles. The minimum Gasteiger partial charge on any atom is -0.443 e. The molecule has 0 radical (unpaired) electrons. The first kappa shape index (κ1) is 18.2. The number of nitrogens with one attached hydrogen (secondary N) is 1. The van der Waals surface area contributed by atoms with Crippen LogP contribution >= 0.6 is 0 Å². The number of piperazine rings is 1. The van der Waals surface area contributed by atoms with Gasteiger partial charge in [-0.05, 0) is 23.1 Å². The number of carbonyl (C=O) groups is 2. The van der Waals surface area contributed by atoms with Gasteiger partial charge < -0.3 is 19.5 Å². The zero-order chi connectivity index (χ0) is 18.7. The number of benzene rings is 1. The third-order valence-electron chi connectivity index (χ3n) is 4.44. The second-order valence-electron chi connectivity index (χ2n) is 7.92. The molecule has 1 N–H and O–H groups in total. The summed E-state index contributed by atoms with van der Waals surface area (Å²) in [5.41, 5.74) is 2.44. The molecule has 7 heteroatoms. The van der Waals surface area contributed by atoms with Crippen LogP contribution in [0.2, 0.25) is 0 Å². The molecule has 0 unspecified atom stereocenters. The van der Waals surface area contributed by atoms with E-state index in [0.29, 0.717) is 44.7 Å². The fraction of sp³-hybridized carbons (Fsp3) is 0.526. The molecule has 0 spiro atoms. The van der Waals surface area contributed by atoms with Crippen molar-refractivity contribution < 1.29 is 14.0 Å². The maximum absolute atomic E-state index is 12.5. The first-order valence-electron chi connectivity index (χ1n) is 8.94. The molecule has 0 bridgehead atoms. The molecule has 0 atom stereocenters. The van der Waals surface area contributed by atoms with E-state index in [0.717, 1.165) is 11.1 Å². The van der Waals surface area contributed by atoms with Crippen LogP contribution < -0.4 is 5.32 Å². The minimum absolute atomic E-state index is 0.0530. The molecular weight excluding hydrogens is 332 g/mol. The van der Waals surface area contributed by atoms with E-state index in [9.17, 15) is 9.59 Å². The number of oxazole rings is 1. The number of hydrogen-bond donors (Lipinski definition) is 1. The highest BCUT2D eigenvalue weighted by atomic mass is 16.3. The number of carbonyl (C=O) groups excluding carboxylic acids is 2. The van der Waals surface area contributed by atoms with E-state index in [1.807, 2.05) is 23.1 Å². The predicted molar refractivity (Wildman–Crippen MR) is 98.7 cm³/mol. The molecule has 1 aromatic carbocycles. The van der Waals surface area contributed by atoms with Gasteiger partial charge in [0.15, 0.2) is 12.0 Å². The van der Waals surface area contributed by atoms with Gasteiger partial charge in [0.25, 0.3) is 0 Å². The SMILES string of the molecule is CC(C)(C)CNC(=O)N1CCN(C(=O)Cc2ccc3ncoc3c2)CC1. The summed E-state index contributed by atoms with van der Waals surface area (Å²) in [4.78, 5) is 32.4. The summed E-state index contributed by atoms with van der Waals surface area (Å²) in [6.45, 7) is 9.12. The molecule has 0 aliphatic carbocycles. The first-order chi connectivity index (χ1) is 12.3. The van der Waals surface area contributed by atoms with Crippen molar-refractivity contribution in [1.82, 2.24) is 20.1 Å². The van der Waals surface area contributed by atoms with Gasteiger partial charge in [0, 0.05) is 32.7 Å². The molecule has 140 valence electrons. The van der Waals surface area contributed by atoms with Crippen molar-refractivity contribution in [3.05, 3.63) is 30.2 Å². The Labute approximate surface area is 153 Å². The monoisotopic (exact) mass is 358 g/mol. The molecule has 2 aromatic rings. The Morgan fingerprint density at radius 2 is 1.85 bits per heavy atom. The van der Waals surface area contributed by atoms with Gasteiger partial charge in [0.1, 0.15) is 5.52 Å². The van der Waals surface area contributed by atoms with Gasteiger partial charge in [-0.25, -0.2) is 9.78 Å². The van der Waals surface area contributed by atoms with E-state index in [-0.39, 0.29) is 17.4 Å². The lowest BCUT2D eigenvalue weighted by molar-refractivity contribution is -0.131. The fourth-order valence-corrected chi connectivity index (χ4v) is 2.91. The number of rotatable bonds is 3. The highest BCUT2D eigenvalue weighted by molar-refractivity contribution is 5.81. The van der Waals surface area contributed by atoms with E-state index in [4.69, 9.17) is 4.42 Å². The number of amides is 3. The molecule has 3 rings (SSSR count). The van der Waals surface area contributed by atoms with Gasteiger partial charge in [-0.2, -0.15) is 0 Å². The van der Waals surface area contributed by atoms with Crippen LogP contribution in [0.1, 0.15) is 26.3 Å². The fourth-order valence-electron chi connectivity index (χ4n) is 2.91. The van der Waals surface area contributed by atoms with Crippen molar-refractivity contribution >= 4 is 23.0 Å². The second-order valence-corrected chi connectivity index (χ2v) is 7.92. The summed E-state index contributed by atoms with van der Waals surface area (Å²) in [5, 5.41) is 2.96. The Kier molecular flexibility index (Phi) is 5.15. The Balaban J connectivity index is 1.49. The Bertz CT molecular complexity index is 785. The summed E-state index contributed by atoms with van der Waals surface area (Å²) in [5.74, 6) is 0.0682. The van der Waals surface area contributed by atoms with Crippen LogP contribution in [0.25, 0.3) is 11.1 Å². The number of urea groups is 1. The molecule has 1 aliphatic heterocycles. The quantitative estimate of drug-likeness (QED) is 0.913. The minimum atomic E-state index is -0.0530. The predicted octanol–water partition coefficient (Wildman–Crippen LogP) is 2.27. The van der Waals surface area contributed by atoms with Crippen molar-refractivity contribution in [3.63, 3.8) is 0 Å². The van der Waals surface area contributed by atoms with Crippen LogP contribution in [0, 0.1) is 5.41 Å².